The summed E-state index contributed by atoms with van der Waals surface area (Å²) in [6.45, 7) is 5.25. The van der Waals surface area contributed by atoms with Crippen molar-refractivity contribution in [1.82, 2.24) is 15.2 Å². The standard InChI is InChI=1S/C23H25ClN4O/c1-2-28-13-3-4-19(15-28)27-23(29)16-5-8-18(9-6-16)26-21-11-12-25-22-14-17(24)7-10-20(21)22/h5-12,14,19H,2-4,13,15H2,1H3,(H,25,26)(H,27,29). The van der Waals surface area contributed by atoms with Gasteiger partial charge in [0, 0.05) is 46.1 Å². The van der Waals surface area contributed by atoms with Crippen LogP contribution in [0, 0.1) is 0 Å². The van der Waals surface area contributed by atoms with Crippen LogP contribution in [0.3, 0.4) is 0 Å². The van der Waals surface area contributed by atoms with Crippen molar-refractivity contribution in [2.75, 3.05) is 25.0 Å². The van der Waals surface area contributed by atoms with Crippen molar-refractivity contribution in [3.8, 4) is 0 Å². The molecule has 1 aromatic heterocycles. The van der Waals surface area contributed by atoms with E-state index >= 15 is 0 Å². The highest BCUT2D eigenvalue weighted by atomic mass is 35.5. The number of hydrogen-bond acceptors (Lipinski definition) is 4. The Morgan fingerprint density at radius 2 is 2.03 bits per heavy atom. The van der Waals surface area contributed by atoms with E-state index < -0.39 is 0 Å². The van der Waals surface area contributed by atoms with Crippen molar-refractivity contribution in [1.29, 1.82) is 0 Å². The van der Waals surface area contributed by atoms with Crippen molar-refractivity contribution >= 4 is 39.8 Å². The van der Waals surface area contributed by atoms with Crippen molar-refractivity contribution in [2.45, 2.75) is 25.8 Å². The number of pyridine rings is 1. The number of halogens is 1. The van der Waals surface area contributed by atoms with Crippen LogP contribution in [-0.2, 0) is 0 Å². The Bertz CT molecular complexity index is 1010. The fourth-order valence-corrected chi connectivity index (χ4v) is 3.99. The second-order valence-electron chi connectivity index (χ2n) is 7.43. The largest absolute Gasteiger partial charge is 0.355 e. The molecule has 2 N–H and O–H groups in total. The maximum atomic E-state index is 12.6. The number of likely N-dealkylation sites (N-methyl/N-ethyl adjacent to an activating group) is 1. The maximum Gasteiger partial charge on any atom is 0.251 e. The summed E-state index contributed by atoms with van der Waals surface area (Å²) in [6.07, 6.45) is 3.93. The number of likely N-dealkylation sites (tertiary alicyclic amines) is 1. The summed E-state index contributed by atoms with van der Waals surface area (Å²) >= 11 is 6.06. The summed E-state index contributed by atoms with van der Waals surface area (Å²) in [6, 6.07) is 15.4. The van der Waals surface area contributed by atoms with Crippen LogP contribution >= 0.6 is 11.6 Å². The molecular formula is C23H25ClN4O. The Labute approximate surface area is 176 Å². The highest BCUT2D eigenvalue weighted by Crippen LogP contribution is 2.27. The second-order valence-corrected chi connectivity index (χ2v) is 7.86. The van der Waals surface area contributed by atoms with Crippen molar-refractivity contribution < 1.29 is 4.79 Å². The van der Waals surface area contributed by atoms with Gasteiger partial charge in [0.05, 0.1) is 5.52 Å². The molecule has 6 heteroatoms. The van der Waals surface area contributed by atoms with E-state index in [4.69, 9.17) is 11.6 Å². The molecule has 1 aliphatic rings. The number of carbonyl (C=O) groups excluding carboxylic acids is 1. The fourth-order valence-electron chi connectivity index (χ4n) is 3.82. The van der Waals surface area contributed by atoms with E-state index in [1.165, 1.54) is 0 Å². The monoisotopic (exact) mass is 408 g/mol. The van der Waals surface area contributed by atoms with Crippen LogP contribution in [0.25, 0.3) is 10.9 Å². The topological polar surface area (TPSA) is 57.3 Å². The molecule has 5 nitrogen and oxygen atoms in total. The number of amides is 1. The zero-order valence-electron chi connectivity index (χ0n) is 16.5. The quantitative estimate of drug-likeness (QED) is 0.633. The van der Waals surface area contributed by atoms with Crippen LogP contribution in [0.5, 0.6) is 0 Å². The van der Waals surface area contributed by atoms with Crippen molar-refractivity contribution in [3.63, 3.8) is 0 Å². The summed E-state index contributed by atoms with van der Waals surface area (Å²) in [5.74, 6) is -0.0106. The van der Waals surface area contributed by atoms with E-state index in [9.17, 15) is 4.79 Å². The van der Waals surface area contributed by atoms with Gasteiger partial charge in [-0.2, -0.15) is 0 Å². The maximum absolute atomic E-state index is 12.6. The molecule has 1 atom stereocenters. The molecule has 1 fully saturated rings. The van der Waals surface area contributed by atoms with E-state index in [1.54, 1.807) is 6.20 Å². The van der Waals surface area contributed by atoms with Crippen LogP contribution in [0.1, 0.15) is 30.1 Å². The second kappa shape index (κ2) is 8.80. The highest BCUT2D eigenvalue weighted by Gasteiger charge is 2.20. The Morgan fingerprint density at radius 3 is 2.83 bits per heavy atom. The average Bonchev–Trinajstić information content (AvgIpc) is 2.74. The molecule has 1 aliphatic heterocycles. The van der Waals surface area contributed by atoms with Crippen molar-refractivity contribution in [2.24, 2.45) is 0 Å². The number of nitrogens with zero attached hydrogens (tertiary/aromatic N) is 2. The smallest absolute Gasteiger partial charge is 0.251 e. The van der Waals surface area contributed by atoms with Gasteiger partial charge in [-0.25, -0.2) is 0 Å². The number of piperidine rings is 1. The first kappa shape index (κ1) is 19.7. The summed E-state index contributed by atoms with van der Waals surface area (Å²) in [5, 5.41) is 8.24. The van der Waals surface area contributed by atoms with E-state index in [0.717, 1.165) is 54.8 Å². The first-order chi connectivity index (χ1) is 14.1. The molecule has 150 valence electrons. The average molecular weight is 409 g/mol. The molecular weight excluding hydrogens is 384 g/mol. The van der Waals surface area contributed by atoms with Crippen LogP contribution in [0.2, 0.25) is 5.02 Å². The molecule has 0 aliphatic carbocycles. The van der Waals surface area contributed by atoms with Crippen LogP contribution in [-0.4, -0.2) is 41.5 Å². The third kappa shape index (κ3) is 4.69. The van der Waals surface area contributed by atoms with Gasteiger partial charge < -0.3 is 15.5 Å². The van der Waals surface area contributed by atoms with Crippen LogP contribution in [0.4, 0.5) is 11.4 Å². The molecule has 1 amide bonds. The first-order valence-electron chi connectivity index (χ1n) is 10.1. The molecule has 1 saturated heterocycles. The summed E-state index contributed by atoms with van der Waals surface area (Å²) in [5.41, 5.74) is 3.38. The Kier molecular flexibility index (Phi) is 5.97. The van der Waals surface area contributed by atoms with Gasteiger partial charge in [0.15, 0.2) is 0 Å². The number of nitrogens with one attached hydrogen (secondary N) is 2. The van der Waals surface area contributed by atoms with E-state index in [0.29, 0.717) is 10.6 Å². The number of benzene rings is 2. The fraction of sp³-hybridized carbons (Fsp3) is 0.304. The van der Waals surface area contributed by atoms with Gasteiger partial charge in [0.1, 0.15) is 0 Å². The minimum atomic E-state index is -0.0106. The minimum Gasteiger partial charge on any atom is -0.355 e. The van der Waals surface area contributed by atoms with Gasteiger partial charge in [0.2, 0.25) is 0 Å². The zero-order chi connectivity index (χ0) is 20.2. The normalized spacial score (nSPS) is 17.2. The van der Waals surface area contributed by atoms with E-state index in [1.807, 2.05) is 48.5 Å². The number of rotatable bonds is 5. The SMILES string of the molecule is CCN1CCCC(NC(=O)c2ccc(Nc3ccnc4cc(Cl)ccc34)cc2)C1. The zero-order valence-corrected chi connectivity index (χ0v) is 17.2. The summed E-state index contributed by atoms with van der Waals surface area (Å²) < 4.78 is 0. The van der Waals surface area contributed by atoms with Gasteiger partial charge in [-0.05, 0) is 74.5 Å². The first-order valence-corrected chi connectivity index (χ1v) is 10.4. The molecule has 1 unspecified atom stereocenters. The third-order valence-corrected chi connectivity index (χ3v) is 5.65. The molecule has 2 heterocycles. The predicted molar refractivity (Wildman–Crippen MR) is 119 cm³/mol. The molecule has 2 aromatic carbocycles. The third-order valence-electron chi connectivity index (χ3n) is 5.42. The number of aromatic nitrogens is 1. The Balaban J connectivity index is 1.44. The lowest BCUT2D eigenvalue weighted by Gasteiger charge is -2.32. The Hall–Kier alpha value is -2.63. The lowest BCUT2D eigenvalue weighted by atomic mass is 10.0. The molecule has 3 aromatic rings. The van der Waals surface area contributed by atoms with Gasteiger partial charge in [-0.1, -0.05) is 18.5 Å². The summed E-state index contributed by atoms with van der Waals surface area (Å²) in [7, 11) is 0. The molecule has 0 spiro atoms. The summed E-state index contributed by atoms with van der Waals surface area (Å²) in [4.78, 5) is 19.4. The highest BCUT2D eigenvalue weighted by molar-refractivity contribution is 6.31. The number of hydrogen-bond donors (Lipinski definition) is 2. The van der Waals surface area contributed by atoms with Gasteiger partial charge in [-0.15, -0.1) is 0 Å². The van der Waals surface area contributed by atoms with Crippen LogP contribution in [0.15, 0.2) is 54.7 Å². The lowest BCUT2D eigenvalue weighted by Crippen LogP contribution is -2.47. The van der Waals surface area contributed by atoms with Crippen molar-refractivity contribution in [3.05, 3.63) is 65.3 Å². The van der Waals surface area contributed by atoms with Gasteiger partial charge in [0.25, 0.3) is 5.91 Å². The Morgan fingerprint density at radius 1 is 1.21 bits per heavy atom. The van der Waals surface area contributed by atoms with Crippen LogP contribution < -0.4 is 10.6 Å². The molecule has 0 radical (unpaired) electrons. The minimum absolute atomic E-state index is 0.0106. The van der Waals surface area contributed by atoms with Gasteiger partial charge >= 0.3 is 0 Å². The number of carbonyl (C=O) groups is 1. The molecule has 4 rings (SSSR count). The number of anilines is 2. The molecule has 0 saturated carbocycles. The predicted octanol–water partition coefficient (Wildman–Crippen LogP) is 4.85. The lowest BCUT2D eigenvalue weighted by molar-refractivity contribution is 0.0906. The van der Waals surface area contributed by atoms with Gasteiger partial charge in [-0.3, -0.25) is 9.78 Å². The van der Waals surface area contributed by atoms with E-state index in [-0.39, 0.29) is 11.9 Å². The molecule has 0 bridgehead atoms. The van der Waals surface area contributed by atoms with E-state index in [2.05, 4.69) is 27.4 Å². The molecule has 29 heavy (non-hydrogen) atoms. The number of fused-ring (bicyclic) bond motifs is 1.